The van der Waals surface area contributed by atoms with Crippen LogP contribution in [0.3, 0.4) is 0 Å². The van der Waals surface area contributed by atoms with Crippen molar-refractivity contribution in [3.63, 3.8) is 0 Å². The third-order valence-corrected chi connectivity index (χ3v) is 2.55. The maximum Gasteiger partial charge on any atom is 0.0992 e. The lowest BCUT2D eigenvalue weighted by molar-refractivity contribution is 0.935. The van der Waals surface area contributed by atoms with E-state index < -0.39 is 0 Å². The number of aromatic nitrogens is 2. The van der Waals surface area contributed by atoms with Crippen LogP contribution < -0.4 is 5.73 Å². The molecule has 15 heavy (non-hydrogen) atoms. The van der Waals surface area contributed by atoms with E-state index in [0.717, 1.165) is 22.7 Å². The van der Waals surface area contributed by atoms with Crippen molar-refractivity contribution >= 4 is 11.6 Å². The van der Waals surface area contributed by atoms with Gasteiger partial charge in [-0.1, -0.05) is 23.7 Å². The molecule has 0 radical (unpaired) electrons. The van der Waals surface area contributed by atoms with Crippen LogP contribution in [0.2, 0.25) is 5.02 Å². The van der Waals surface area contributed by atoms with Gasteiger partial charge in [-0.2, -0.15) is 0 Å². The zero-order valence-corrected chi connectivity index (χ0v) is 8.98. The summed E-state index contributed by atoms with van der Waals surface area (Å²) in [5, 5.41) is 0.721. The van der Waals surface area contributed by atoms with Crippen LogP contribution in [0, 0.1) is 0 Å². The standard InChI is InChI=1S/C11H12ClN3/c12-10-3-1-2-9(4-5-13)11(10)15-7-6-14-8-15/h1-3,6-8H,4-5,13H2. The van der Waals surface area contributed by atoms with E-state index in [1.54, 1.807) is 12.5 Å². The second kappa shape index (κ2) is 4.47. The molecule has 2 N–H and O–H groups in total. The van der Waals surface area contributed by atoms with Gasteiger partial charge in [0.2, 0.25) is 0 Å². The molecule has 1 heterocycles. The van der Waals surface area contributed by atoms with Crippen molar-refractivity contribution in [2.45, 2.75) is 6.42 Å². The molecule has 0 bridgehead atoms. The summed E-state index contributed by atoms with van der Waals surface area (Å²) in [6, 6.07) is 5.85. The number of benzene rings is 1. The Morgan fingerprint density at radius 2 is 2.27 bits per heavy atom. The number of nitrogens with two attached hydrogens (primary N) is 1. The fourth-order valence-electron chi connectivity index (χ4n) is 1.60. The van der Waals surface area contributed by atoms with Crippen molar-refractivity contribution in [3.05, 3.63) is 47.5 Å². The molecule has 0 aliphatic rings. The quantitative estimate of drug-likeness (QED) is 0.862. The van der Waals surface area contributed by atoms with E-state index in [2.05, 4.69) is 4.98 Å². The number of hydrogen-bond acceptors (Lipinski definition) is 2. The van der Waals surface area contributed by atoms with Gasteiger partial charge in [-0.15, -0.1) is 0 Å². The summed E-state index contributed by atoms with van der Waals surface area (Å²) >= 11 is 6.17. The molecule has 1 aromatic heterocycles. The largest absolute Gasteiger partial charge is 0.330 e. The van der Waals surface area contributed by atoms with Gasteiger partial charge in [-0.05, 0) is 24.6 Å². The van der Waals surface area contributed by atoms with Crippen molar-refractivity contribution in [3.8, 4) is 5.69 Å². The Bertz CT molecular complexity index is 437. The second-order valence-electron chi connectivity index (χ2n) is 3.26. The summed E-state index contributed by atoms with van der Waals surface area (Å²) in [6.07, 6.45) is 6.16. The first-order valence-corrected chi connectivity index (χ1v) is 5.16. The van der Waals surface area contributed by atoms with E-state index in [9.17, 15) is 0 Å². The molecule has 3 nitrogen and oxygen atoms in total. The van der Waals surface area contributed by atoms with Gasteiger partial charge in [0.1, 0.15) is 0 Å². The van der Waals surface area contributed by atoms with Crippen molar-refractivity contribution in [1.82, 2.24) is 9.55 Å². The van der Waals surface area contributed by atoms with Crippen molar-refractivity contribution in [1.29, 1.82) is 0 Å². The monoisotopic (exact) mass is 221 g/mol. The Hall–Kier alpha value is -1.32. The average molecular weight is 222 g/mol. The molecule has 2 rings (SSSR count). The average Bonchev–Trinajstić information content (AvgIpc) is 2.71. The lowest BCUT2D eigenvalue weighted by atomic mass is 10.1. The minimum absolute atomic E-state index is 0.613. The van der Waals surface area contributed by atoms with Gasteiger partial charge in [0.15, 0.2) is 0 Å². The zero-order chi connectivity index (χ0) is 10.7. The minimum Gasteiger partial charge on any atom is -0.330 e. The summed E-state index contributed by atoms with van der Waals surface area (Å²) in [7, 11) is 0. The van der Waals surface area contributed by atoms with Gasteiger partial charge in [-0.25, -0.2) is 4.98 Å². The van der Waals surface area contributed by atoms with Gasteiger partial charge in [0, 0.05) is 12.4 Å². The first kappa shape index (κ1) is 10.2. The molecule has 1 aromatic carbocycles. The molecular formula is C11H12ClN3. The van der Waals surface area contributed by atoms with Crippen LogP contribution >= 0.6 is 11.6 Å². The predicted molar refractivity (Wildman–Crippen MR) is 61.3 cm³/mol. The summed E-state index contributed by atoms with van der Waals surface area (Å²) in [6.45, 7) is 0.613. The SMILES string of the molecule is NCCc1cccc(Cl)c1-n1ccnc1. The Morgan fingerprint density at radius 3 is 2.93 bits per heavy atom. The molecule has 0 saturated heterocycles. The Balaban J connectivity index is 2.52. The molecular weight excluding hydrogens is 210 g/mol. The number of para-hydroxylation sites is 1. The number of halogens is 1. The fourth-order valence-corrected chi connectivity index (χ4v) is 1.89. The Labute approximate surface area is 93.5 Å². The first-order valence-electron chi connectivity index (χ1n) is 4.78. The summed E-state index contributed by atoms with van der Waals surface area (Å²) in [4.78, 5) is 4.01. The van der Waals surface area contributed by atoms with Crippen LogP contribution in [0.15, 0.2) is 36.9 Å². The Morgan fingerprint density at radius 1 is 1.40 bits per heavy atom. The molecule has 0 unspecified atom stereocenters. The topological polar surface area (TPSA) is 43.8 Å². The van der Waals surface area contributed by atoms with E-state index in [0.29, 0.717) is 6.54 Å². The smallest absolute Gasteiger partial charge is 0.0992 e. The third-order valence-electron chi connectivity index (χ3n) is 2.25. The molecule has 78 valence electrons. The normalized spacial score (nSPS) is 10.5. The molecule has 2 aromatic rings. The molecule has 0 saturated carbocycles. The van der Waals surface area contributed by atoms with Crippen molar-refractivity contribution < 1.29 is 0 Å². The summed E-state index contributed by atoms with van der Waals surface area (Å²) in [5.41, 5.74) is 7.68. The molecule has 0 fully saturated rings. The van der Waals surface area contributed by atoms with Crippen molar-refractivity contribution in [2.75, 3.05) is 6.54 Å². The lowest BCUT2D eigenvalue weighted by Gasteiger charge is -2.11. The van der Waals surface area contributed by atoms with Crippen LogP contribution in [0.1, 0.15) is 5.56 Å². The van der Waals surface area contributed by atoms with Gasteiger partial charge in [-0.3, -0.25) is 0 Å². The molecule has 0 spiro atoms. The van der Waals surface area contributed by atoms with Gasteiger partial charge >= 0.3 is 0 Å². The molecule has 0 amide bonds. The van der Waals surface area contributed by atoms with E-state index in [-0.39, 0.29) is 0 Å². The van der Waals surface area contributed by atoms with Crippen molar-refractivity contribution in [2.24, 2.45) is 5.73 Å². The number of nitrogens with zero attached hydrogens (tertiary/aromatic N) is 2. The van der Waals surface area contributed by atoms with Crippen LogP contribution in [0.4, 0.5) is 0 Å². The second-order valence-corrected chi connectivity index (χ2v) is 3.66. The summed E-state index contributed by atoms with van der Waals surface area (Å²) in [5.74, 6) is 0. The Kier molecular flexibility index (Phi) is 3.04. The number of rotatable bonds is 3. The molecule has 0 aliphatic heterocycles. The number of imidazole rings is 1. The highest BCUT2D eigenvalue weighted by Crippen LogP contribution is 2.24. The van der Waals surface area contributed by atoms with E-state index in [1.165, 1.54) is 0 Å². The number of hydrogen-bond donors (Lipinski definition) is 1. The first-order chi connectivity index (χ1) is 7.33. The van der Waals surface area contributed by atoms with Gasteiger partial charge < -0.3 is 10.3 Å². The zero-order valence-electron chi connectivity index (χ0n) is 8.23. The van der Waals surface area contributed by atoms with E-state index >= 15 is 0 Å². The van der Waals surface area contributed by atoms with E-state index in [4.69, 9.17) is 17.3 Å². The molecule has 0 atom stereocenters. The highest BCUT2D eigenvalue weighted by atomic mass is 35.5. The maximum atomic E-state index is 6.17. The van der Waals surface area contributed by atoms with Crippen LogP contribution in [0.5, 0.6) is 0 Å². The van der Waals surface area contributed by atoms with Gasteiger partial charge in [0.25, 0.3) is 0 Å². The third kappa shape index (κ3) is 2.03. The van der Waals surface area contributed by atoms with Crippen LogP contribution in [-0.4, -0.2) is 16.1 Å². The van der Waals surface area contributed by atoms with Crippen LogP contribution in [0.25, 0.3) is 5.69 Å². The lowest BCUT2D eigenvalue weighted by Crippen LogP contribution is -2.06. The summed E-state index contributed by atoms with van der Waals surface area (Å²) < 4.78 is 1.91. The van der Waals surface area contributed by atoms with Crippen LogP contribution in [-0.2, 0) is 6.42 Å². The highest BCUT2D eigenvalue weighted by Gasteiger charge is 2.07. The van der Waals surface area contributed by atoms with E-state index in [1.807, 2.05) is 29.0 Å². The van der Waals surface area contributed by atoms with Gasteiger partial charge in [0.05, 0.1) is 17.0 Å². The maximum absolute atomic E-state index is 6.17. The highest BCUT2D eigenvalue weighted by molar-refractivity contribution is 6.32. The molecule has 4 heteroatoms. The molecule has 0 aliphatic carbocycles. The predicted octanol–water partition coefficient (Wildman–Crippen LogP) is 2.03. The fraction of sp³-hybridized carbons (Fsp3) is 0.182. The minimum atomic E-state index is 0.613.